The van der Waals surface area contributed by atoms with Crippen molar-refractivity contribution in [1.29, 1.82) is 0 Å². The van der Waals surface area contributed by atoms with Crippen LogP contribution in [0.4, 0.5) is 5.82 Å². The van der Waals surface area contributed by atoms with Gasteiger partial charge in [0.2, 0.25) is 0 Å². The fourth-order valence-corrected chi connectivity index (χ4v) is 1.75. The van der Waals surface area contributed by atoms with Gasteiger partial charge in [-0.25, -0.2) is 4.98 Å². The van der Waals surface area contributed by atoms with Gasteiger partial charge in [-0.2, -0.15) is 0 Å². The third-order valence-electron chi connectivity index (χ3n) is 2.51. The number of Topliss-reactive ketones (excluding diaryl/α,β-unsaturated/α-hetero) is 1. The Morgan fingerprint density at radius 3 is 3.20 bits per heavy atom. The van der Waals surface area contributed by atoms with E-state index in [1.54, 1.807) is 12.3 Å². The number of carbonyl (C=O) groups is 1. The average molecular weight is 206 g/mol. The summed E-state index contributed by atoms with van der Waals surface area (Å²) in [5, 5.41) is 0. The van der Waals surface area contributed by atoms with Gasteiger partial charge in [-0.05, 0) is 30.5 Å². The molecule has 0 amide bonds. The summed E-state index contributed by atoms with van der Waals surface area (Å²) in [5.41, 5.74) is 6.44. The lowest BCUT2D eigenvalue weighted by Gasteiger charge is -2.07. The Balaban J connectivity index is 1.99. The molecule has 1 aromatic rings. The molecular weight excluding hydrogens is 192 g/mol. The highest BCUT2D eigenvalue weighted by Gasteiger charge is 2.23. The second kappa shape index (κ2) is 4.40. The highest BCUT2D eigenvalue weighted by Crippen LogP contribution is 2.15. The molecule has 2 N–H and O–H groups in total. The topological polar surface area (TPSA) is 65.2 Å². The highest BCUT2D eigenvalue weighted by molar-refractivity contribution is 5.85. The first kappa shape index (κ1) is 10.1. The molecule has 0 bridgehead atoms. The molecule has 1 saturated heterocycles. The molecule has 2 rings (SSSR count). The van der Waals surface area contributed by atoms with E-state index in [-0.39, 0.29) is 11.9 Å². The molecule has 1 aliphatic heterocycles. The first-order valence-electron chi connectivity index (χ1n) is 5.10. The molecule has 1 atom stereocenters. The molecule has 1 unspecified atom stereocenters. The summed E-state index contributed by atoms with van der Waals surface area (Å²) < 4.78 is 5.32. The van der Waals surface area contributed by atoms with Crippen LogP contribution in [0.25, 0.3) is 0 Å². The van der Waals surface area contributed by atoms with Crippen molar-refractivity contribution in [3.05, 3.63) is 23.9 Å². The van der Waals surface area contributed by atoms with Gasteiger partial charge in [0.1, 0.15) is 11.9 Å². The van der Waals surface area contributed by atoms with Crippen LogP contribution in [-0.4, -0.2) is 23.5 Å². The number of hydrogen-bond acceptors (Lipinski definition) is 4. The number of hydrogen-bond donors (Lipinski definition) is 1. The van der Waals surface area contributed by atoms with Crippen molar-refractivity contribution in [3.63, 3.8) is 0 Å². The van der Waals surface area contributed by atoms with Crippen LogP contribution in [0, 0.1) is 0 Å². The number of nitrogens with zero attached hydrogens (tertiary/aromatic N) is 1. The highest BCUT2D eigenvalue weighted by atomic mass is 16.5. The second-order valence-electron chi connectivity index (χ2n) is 3.73. The van der Waals surface area contributed by atoms with Gasteiger partial charge in [-0.3, -0.25) is 4.79 Å². The number of nitrogen functional groups attached to an aromatic ring is 1. The van der Waals surface area contributed by atoms with Gasteiger partial charge in [-0.1, -0.05) is 0 Å². The Labute approximate surface area is 88.4 Å². The van der Waals surface area contributed by atoms with E-state index >= 15 is 0 Å². The van der Waals surface area contributed by atoms with Crippen molar-refractivity contribution < 1.29 is 9.53 Å². The monoisotopic (exact) mass is 206 g/mol. The van der Waals surface area contributed by atoms with Crippen molar-refractivity contribution in [3.8, 4) is 0 Å². The SMILES string of the molecule is Nc1cc(CC(=O)C2CCCO2)ccn1. The van der Waals surface area contributed by atoms with Crippen molar-refractivity contribution in [1.82, 2.24) is 4.98 Å². The van der Waals surface area contributed by atoms with Crippen LogP contribution in [0.3, 0.4) is 0 Å². The first-order valence-corrected chi connectivity index (χ1v) is 5.10. The Kier molecular flexibility index (Phi) is 2.97. The smallest absolute Gasteiger partial charge is 0.165 e. The number of aromatic nitrogens is 1. The zero-order valence-electron chi connectivity index (χ0n) is 8.48. The van der Waals surface area contributed by atoms with E-state index in [1.165, 1.54) is 0 Å². The van der Waals surface area contributed by atoms with Crippen LogP contribution in [-0.2, 0) is 16.0 Å². The number of pyridine rings is 1. The van der Waals surface area contributed by atoms with Crippen molar-refractivity contribution in [2.24, 2.45) is 0 Å². The van der Waals surface area contributed by atoms with Crippen molar-refractivity contribution in [2.45, 2.75) is 25.4 Å². The Bertz CT molecular complexity index is 359. The molecule has 0 aromatic carbocycles. The predicted molar refractivity (Wildman–Crippen MR) is 56.3 cm³/mol. The second-order valence-corrected chi connectivity index (χ2v) is 3.73. The molecule has 1 aromatic heterocycles. The van der Waals surface area contributed by atoms with Gasteiger partial charge in [-0.15, -0.1) is 0 Å². The standard InChI is InChI=1S/C11H14N2O2/c12-11-7-8(3-4-13-11)6-9(14)10-2-1-5-15-10/h3-4,7,10H,1-2,5-6H2,(H2,12,13). The lowest BCUT2D eigenvalue weighted by molar-refractivity contribution is -0.127. The summed E-state index contributed by atoms with van der Waals surface area (Å²) in [6.45, 7) is 0.703. The molecule has 4 heteroatoms. The number of ether oxygens (including phenoxy) is 1. The van der Waals surface area contributed by atoms with E-state index in [2.05, 4.69) is 4.98 Å². The van der Waals surface area contributed by atoms with Crippen LogP contribution in [0.1, 0.15) is 18.4 Å². The molecule has 15 heavy (non-hydrogen) atoms. The fourth-order valence-electron chi connectivity index (χ4n) is 1.75. The van der Waals surface area contributed by atoms with Crippen LogP contribution in [0.15, 0.2) is 18.3 Å². The molecule has 0 radical (unpaired) electrons. The minimum absolute atomic E-state index is 0.137. The Hall–Kier alpha value is -1.42. The van der Waals surface area contributed by atoms with Gasteiger partial charge in [0.05, 0.1) is 0 Å². The van der Waals surface area contributed by atoms with Crippen LogP contribution in [0.2, 0.25) is 0 Å². The third-order valence-corrected chi connectivity index (χ3v) is 2.51. The number of ketones is 1. The average Bonchev–Trinajstić information content (AvgIpc) is 2.70. The largest absolute Gasteiger partial charge is 0.384 e. The Morgan fingerprint density at radius 1 is 1.67 bits per heavy atom. The summed E-state index contributed by atoms with van der Waals surface area (Å²) in [4.78, 5) is 15.6. The van der Waals surface area contributed by atoms with Gasteiger partial charge in [0, 0.05) is 19.2 Å². The molecule has 4 nitrogen and oxygen atoms in total. The summed E-state index contributed by atoms with van der Waals surface area (Å²) in [6.07, 6.45) is 3.62. The molecule has 1 fully saturated rings. The van der Waals surface area contributed by atoms with E-state index in [9.17, 15) is 4.79 Å². The van der Waals surface area contributed by atoms with Crippen molar-refractivity contribution in [2.75, 3.05) is 12.3 Å². The minimum Gasteiger partial charge on any atom is -0.384 e. The van der Waals surface area contributed by atoms with Crippen LogP contribution in [0.5, 0.6) is 0 Å². The van der Waals surface area contributed by atoms with E-state index in [4.69, 9.17) is 10.5 Å². The lowest BCUT2D eigenvalue weighted by Crippen LogP contribution is -2.21. The van der Waals surface area contributed by atoms with Gasteiger partial charge in [0.15, 0.2) is 5.78 Å². The molecule has 80 valence electrons. The van der Waals surface area contributed by atoms with E-state index < -0.39 is 0 Å². The first-order chi connectivity index (χ1) is 7.25. The third kappa shape index (κ3) is 2.53. The van der Waals surface area contributed by atoms with Gasteiger partial charge >= 0.3 is 0 Å². The van der Waals surface area contributed by atoms with Gasteiger partial charge < -0.3 is 10.5 Å². The van der Waals surface area contributed by atoms with E-state index in [0.29, 0.717) is 18.8 Å². The quantitative estimate of drug-likeness (QED) is 0.799. The molecule has 0 aliphatic carbocycles. The molecule has 0 spiro atoms. The summed E-state index contributed by atoms with van der Waals surface area (Å²) in [7, 11) is 0. The zero-order chi connectivity index (χ0) is 10.7. The predicted octanol–water partition coefficient (Wildman–Crippen LogP) is 0.954. The summed E-state index contributed by atoms with van der Waals surface area (Å²) in [6, 6.07) is 3.54. The maximum atomic E-state index is 11.7. The van der Waals surface area contributed by atoms with Gasteiger partial charge in [0.25, 0.3) is 0 Å². The molecule has 0 saturated carbocycles. The number of carbonyl (C=O) groups excluding carboxylic acids is 1. The van der Waals surface area contributed by atoms with Crippen LogP contribution >= 0.6 is 0 Å². The van der Waals surface area contributed by atoms with E-state index in [1.807, 2.05) is 6.07 Å². The summed E-state index contributed by atoms with van der Waals surface area (Å²) >= 11 is 0. The maximum Gasteiger partial charge on any atom is 0.165 e. The number of anilines is 1. The summed E-state index contributed by atoms with van der Waals surface area (Å²) in [5.74, 6) is 0.589. The minimum atomic E-state index is -0.209. The zero-order valence-corrected chi connectivity index (χ0v) is 8.48. The lowest BCUT2D eigenvalue weighted by atomic mass is 10.0. The normalized spacial score (nSPS) is 20.4. The number of rotatable bonds is 3. The molecule has 2 heterocycles. The van der Waals surface area contributed by atoms with Crippen LogP contribution < -0.4 is 5.73 Å². The molecular formula is C11H14N2O2. The molecule has 1 aliphatic rings. The van der Waals surface area contributed by atoms with E-state index in [0.717, 1.165) is 18.4 Å². The number of nitrogens with two attached hydrogens (primary N) is 1. The van der Waals surface area contributed by atoms with Crippen molar-refractivity contribution >= 4 is 11.6 Å². The Morgan fingerprint density at radius 2 is 2.53 bits per heavy atom. The fraction of sp³-hybridized carbons (Fsp3) is 0.455. The maximum absolute atomic E-state index is 11.7.